The zero-order valence-electron chi connectivity index (χ0n) is 5.05. The molecule has 0 bridgehead atoms. The Balaban J connectivity index is 2.97. The molecule has 0 saturated heterocycles. The fraction of sp³-hybridized carbons (Fsp3) is 0.143. The summed E-state index contributed by atoms with van der Waals surface area (Å²) in [5.74, 6) is 0. The SMILES string of the molecule is [S]C(Cl)(Cl)c1ccccc1. The van der Waals surface area contributed by atoms with E-state index in [-0.39, 0.29) is 0 Å². The molecule has 0 fully saturated rings. The third kappa shape index (κ3) is 2.08. The van der Waals surface area contributed by atoms with Gasteiger partial charge in [-0.15, -0.1) is 0 Å². The van der Waals surface area contributed by atoms with Gasteiger partial charge in [0.05, 0.1) is 0 Å². The third-order valence-corrected chi connectivity index (χ3v) is 1.78. The van der Waals surface area contributed by atoms with Crippen LogP contribution in [-0.2, 0) is 3.67 Å². The molecule has 0 unspecified atom stereocenters. The Morgan fingerprint density at radius 2 is 1.60 bits per heavy atom. The van der Waals surface area contributed by atoms with Crippen molar-refractivity contribution in [2.45, 2.75) is 3.67 Å². The van der Waals surface area contributed by atoms with Gasteiger partial charge in [-0.1, -0.05) is 53.5 Å². The van der Waals surface area contributed by atoms with Gasteiger partial charge in [0.15, 0.2) is 3.67 Å². The normalized spacial score (nSPS) is 11.5. The Labute approximate surface area is 75.6 Å². The lowest BCUT2D eigenvalue weighted by atomic mass is 10.2. The molecule has 1 aromatic rings. The van der Waals surface area contributed by atoms with Gasteiger partial charge in [0, 0.05) is 0 Å². The predicted molar refractivity (Wildman–Crippen MR) is 47.4 cm³/mol. The number of alkyl halides is 2. The maximum Gasteiger partial charge on any atom is 0.198 e. The molecule has 0 aromatic heterocycles. The predicted octanol–water partition coefficient (Wildman–Crippen LogP) is 3.47. The van der Waals surface area contributed by atoms with Crippen LogP contribution in [0.15, 0.2) is 30.3 Å². The number of benzene rings is 1. The maximum atomic E-state index is 5.64. The third-order valence-electron chi connectivity index (χ3n) is 1.11. The van der Waals surface area contributed by atoms with Gasteiger partial charge in [-0.3, -0.25) is 0 Å². The number of hydrogen-bond donors (Lipinski definition) is 0. The number of halogens is 2. The fourth-order valence-electron chi connectivity index (χ4n) is 0.632. The molecule has 1 radical (unpaired) electrons. The second kappa shape index (κ2) is 3.04. The summed E-state index contributed by atoms with van der Waals surface area (Å²) in [7, 11) is 0. The molecular formula is C7H5Cl2S. The van der Waals surface area contributed by atoms with Crippen LogP contribution in [0.1, 0.15) is 5.56 Å². The summed E-state index contributed by atoms with van der Waals surface area (Å²) < 4.78 is -1.18. The molecule has 0 N–H and O–H groups in total. The van der Waals surface area contributed by atoms with Crippen molar-refractivity contribution in [3.63, 3.8) is 0 Å². The van der Waals surface area contributed by atoms with Crippen LogP contribution in [0.25, 0.3) is 0 Å². The highest BCUT2D eigenvalue weighted by Gasteiger charge is 2.20. The highest BCUT2D eigenvalue weighted by atomic mass is 35.5. The van der Waals surface area contributed by atoms with Crippen molar-refractivity contribution in [3.8, 4) is 0 Å². The maximum absolute atomic E-state index is 5.64. The summed E-state index contributed by atoms with van der Waals surface area (Å²) in [6, 6.07) is 9.18. The lowest BCUT2D eigenvalue weighted by Crippen LogP contribution is -1.98. The molecule has 0 aliphatic heterocycles. The topological polar surface area (TPSA) is 0 Å². The smallest absolute Gasteiger partial charge is 0.0831 e. The quantitative estimate of drug-likeness (QED) is 0.597. The Morgan fingerprint density at radius 1 is 1.10 bits per heavy atom. The molecule has 3 heteroatoms. The zero-order valence-corrected chi connectivity index (χ0v) is 7.38. The van der Waals surface area contributed by atoms with Gasteiger partial charge in [-0.25, -0.2) is 0 Å². The second-order valence-electron chi connectivity index (χ2n) is 1.88. The Hall–Kier alpha value is 0.150. The average molecular weight is 192 g/mol. The summed E-state index contributed by atoms with van der Waals surface area (Å²) in [6.07, 6.45) is 0. The van der Waals surface area contributed by atoms with Crippen molar-refractivity contribution < 1.29 is 0 Å². The van der Waals surface area contributed by atoms with Gasteiger partial charge in [-0.05, 0) is 18.2 Å². The van der Waals surface area contributed by atoms with Gasteiger partial charge in [0.25, 0.3) is 0 Å². The van der Waals surface area contributed by atoms with Crippen molar-refractivity contribution >= 4 is 35.8 Å². The van der Waals surface area contributed by atoms with E-state index in [0.29, 0.717) is 0 Å². The fourth-order valence-corrected chi connectivity index (χ4v) is 1.02. The molecule has 1 rings (SSSR count). The van der Waals surface area contributed by atoms with Crippen LogP contribution in [0.4, 0.5) is 0 Å². The van der Waals surface area contributed by atoms with Crippen LogP contribution in [0.3, 0.4) is 0 Å². The van der Waals surface area contributed by atoms with Crippen molar-refractivity contribution in [1.29, 1.82) is 0 Å². The molecule has 53 valence electrons. The molecule has 0 amide bonds. The van der Waals surface area contributed by atoms with Crippen molar-refractivity contribution in [1.82, 2.24) is 0 Å². The molecule has 1 aromatic carbocycles. The van der Waals surface area contributed by atoms with Crippen molar-refractivity contribution in [2.75, 3.05) is 0 Å². The number of rotatable bonds is 1. The van der Waals surface area contributed by atoms with Crippen LogP contribution in [0, 0.1) is 0 Å². The Kier molecular flexibility index (Phi) is 2.50. The van der Waals surface area contributed by atoms with Crippen LogP contribution < -0.4 is 0 Å². The highest BCUT2D eigenvalue weighted by Crippen LogP contribution is 2.36. The summed E-state index contributed by atoms with van der Waals surface area (Å²) in [6.45, 7) is 0. The van der Waals surface area contributed by atoms with Gasteiger partial charge in [-0.2, -0.15) is 0 Å². The van der Waals surface area contributed by atoms with Gasteiger partial charge < -0.3 is 0 Å². The monoisotopic (exact) mass is 191 g/mol. The highest BCUT2D eigenvalue weighted by molar-refractivity contribution is 7.84. The van der Waals surface area contributed by atoms with E-state index in [0.717, 1.165) is 5.56 Å². The largest absolute Gasteiger partial charge is 0.198 e. The van der Waals surface area contributed by atoms with E-state index in [2.05, 4.69) is 0 Å². The molecule has 0 saturated carbocycles. The minimum atomic E-state index is -1.18. The van der Waals surface area contributed by atoms with E-state index in [1.54, 1.807) is 12.1 Å². The minimum Gasteiger partial charge on any atom is -0.0831 e. The summed E-state index contributed by atoms with van der Waals surface area (Å²) in [4.78, 5) is 0. The first-order chi connectivity index (χ1) is 4.61. The first-order valence-electron chi connectivity index (χ1n) is 2.74. The van der Waals surface area contributed by atoms with Gasteiger partial charge in [0.2, 0.25) is 0 Å². The van der Waals surface area contributed by atoms with E-state index in [1.807, 2.05) is 18.2 Å². The molecule has 0 atom stereocenters. The van der Waals surface area contributed by atoms with E-state index in [1.165, 1.54) is 0 Å². The van der Waals surface area contributed by atoms with Crippen LogP contribution >= 0.6 is 35.8 Å². The Bertz CT molecular complexity index is 203. The summed E-state index contributed by atoms with van der Waals surface area (Å²) in [5, 5.41) is 0. The Morgan fingerprint density at radius 3 is 1.90 bits per heavy atom. The number of hydrogen-bond acceptors (Lipinski definition) is 0. The molecule has 0 spiro atoms. The molecule has 0 nitrogen and oxygen atoms in total. The zero-order chi connectivity index (χ0) is 7.61. The van der Waals surface area contributed by atoms with E-state index < -0.39 is 3.67 Å². The molecular weight excluding hydrogens is 187 g/mol. The standard InChI is InChI=1S/C7H5Cl2S/c8-7(9,10)6-4-2-1-3-5-6/h1-5H. The molecule has 0 aliphatic carbocycles. The van der Waals surface area contributed by atoms with E-state index in [4.69, 9.17) is 35.8 Å². The van der Waals surface area contributed by atoms with Crippen molar-refractivity contribution in [2.24, 2.45) is 0 Å². The summed E-state index contributed by atoms with van der Waals surface area (Å²) in [5.41, 5.74) is 0.744. The second-order valence-corrected chi connectivity index (χ2v) is 4.27. The van der Waals surface area contributed by atoms with Gasteiger partial charge in [0.1, 0.15) is 0 Å². The van der Waals surface area contributed by atoms with E-state index in [9.17, 15) is 0 Å². The first-order valence-corrected chi connectivity index (χ1v) is 3.91. The minimum absolute atomic E-state index is 0.744. The average Bonchev–Trinajstić information content (AvgIpc) is 1.88. The lowest BCUT2D eigenvalue weighted by molar-refractivity contribution is 1.27. The lowest BCUT2D eigenvalue weighted by Gasteiger charge is -2.09. The molecule has 0 heterocycles. The van der Waals surface area contributed by atoms with Crippen molar-refractivity contribution in [3.05, 3.63) is 35.9 Å². The van der Waals surface area contributed by atoms with Crippen LogP contribution in [0.5, 0.6) is 0 Å². The van der Waals surface area contributed by atoms with Crippen LogP contribution in [0.2, 0.25) is 0 Å². The van der Waals surface area contributed by atoms with E-state index >= 15 is 0 Å². The van der Waals surface area contributed by atoms with Crippen LogP contribution in [-0.4, -0.2) is 0 Å². The molecule has 0 aliphatic rings. The molecule has 10 heavy (non-hydrogen) atoms. The van der Waals surface area contributed by atoms with Gasteiger partial charge >= 0.3 is 0 Å². The summed E-state index contributed by atoms with van der Waals surface area (Å²) >= 11 is 16.1. The first kappa shape index (κ1) is 8.25.